The van der Waals surface area contributed by atoms with Crippen LogP contribution in [0.2, 0.25) is 5.02 Å². The van der Waals surface area contributed by atoms with E-state index in [0.29, 0.717) is 10.7 Å². The molecule has 1 aromatic heterocycles. The van der Waals surface area contributed by atoms with Crippen molar-refractivity contribution in [1.82, 2.24) is 4.57 Å². The number of carbonyl (C=O) groups is 1. The summed E-state index contributed by atoms with van der Waals surface area (Å²) in [6.45, 7) is 0.225. The molecule has 0 fully saturated rings. The number of halogens is 1. The van der Waals surface area contributed by atoms with Crippen LogP contribution in [0.4, 0.5) is 5.69 Å². The largest absolute Gasteiger partial charge is 0.322 e. The van der Waals surface area contributed by atoms with E-state index < -0.39 is 15.7 Å². The topological polar surface area (TPSA) is 85.2 Å². The van der Waals surface area contributed by atoms with Crippen LogP contribution in [0, 0.1) is 0 Å². The Kier molecular flexibility index (Phi) is 5.67. The highest BCUT2D eigenvalue weighted by Crippen LogP contribution is 2.17. The van der Waals surface area contributed by atoms with Crippen molar-refractivity contribution in [3.63, 3.8) is 0 Å². The minimum Gasteiger partial charge on any atom is -0.322 e. The second-order valence-electron chi connectivity index (χ2n) is 6.23. The molecule has 1 amide bonds. The van der Waals surface area contributed by atoms with Crippen molar-refractivity contribution in [2.75, 3.05) is 11.6 Å². The fourth-order valence-corrected chi connectivity index (χ4v) is 3.47. The monoisotopic (exact) mass is 416 g/mol. The SMILES string of the molecule is CS(=O)(=O)c1cccc(NC(=O)c2ccc(=O)n(Cc3ccccc3Cl)c2)c1. The highest BCUT2D eigenvalue weighted by molar-refractivity contribution is 7.90. The van der Waals surface area contributed by atoms with E-state index in [-0.39, 0.29) is 22.6 Å². The number of hydrogen-bond donors (Lipinski definition) is 1. The van der Waals surface area contributed by atoms with Crippen molar-refractivity contribution < 1.29 is 13.2 Å². The number of rotatable bonds is 5. The maximum absolute atomic E-state index is 12.6. The molecule has 28 heavy (non-hydrogen) atoms. The van der Waals surface area contributed by atoms with E-state index in [0.717, 1.165) is 11.8 Å². The van der Waals surface area contributed by atoms with Gasteiger partial charge < -0.3 is 9.88 Å². The Balaban J connectivity index is 1.85. The number of benzene rings is 2. The van der Waals surface area contributed by atoms with E-state index in [4.69, 9.17) is 11.6 Å². The molecule has 1 heterocycles. The third kappa shape index (κ3) is 4.68. The molecule has 0 saturated carbocycles. The predicted octanol–water partition coefficient (Wildman–Crippen LogP) is 3.21. The Hall–Kier alpha value is -2.90. The highest BCUT2D eigenvalue weighted by atomic mass is 35.5. The van der Waals surface area contributed by atoms with Gasteiger partial charge in [-0.15, -0.1) is 0 Å². The summed E-state index contributed by atoms with van der Waals surface area (Å²) < 4.78 is 24.7. The molecule has 2 aromatic carbocycles. The first-order valence-electron chi connectivity index (χ1n) is 8.29. The molecule has 0 bridgehead atoms. The van der Waals surface area contributed by atoms with Crippen molar-refractivity contribution in [3.8, 4) is 0 Å². The van der Waals surface area contributed by atoms with E-state index >= 15 is 0 Å². The lowest BCUT2D eigenvalue weighted by Gasteiger charge is -2.10. The average Bonchev–Trinajstić information content (AvgIpc) is 2.65. The predicted molar refractivity (Wildman–Crippen MR) is 109 cm³/mol. The number of anilines is 1. The van der Waals surface area contributed by atoms with Gasteiger partial charge in [0, 0.05) is 29.2 Å². The zero-order chi connectivity index (χ0) is 20.3. The summed E-state index contributed by atoms with van der Waals surface area (Å²) in [5.74, 6) is -0.460. The fraction of sp³-hybridized carbons (Fsp3) is 0.100. The van der Waals surface area contributed by atoms with Crippen LogP contribution < -0.4 is 10.9 Å². The number of nitrogens with zero attached hydrogens (tertiary/aromatic N) is 1. The summed E-state index contributed by atoms with van der Waals surface area (Å²) in [5.41, 5.74) is 1.09. The zero-order valence-corrected chi connectivity index (χ0v) is 16.5. The van der Waals surface area contributed by atoms with Gasteiger partial charge in [-0.25, -0.2) is 8.42 Å². The van der Waals surface area contributed by atoms with Crippen LogP contribution in [0.25, 0.3) is 0 Å². The molecule has 0 aliphatic rings. The number of nitrogens with one attached hydrogen (secondary N) is 1. The summed E-state index contributed by atoms with van der Waals surface area (Å²) in [6.07, 6.45) is 2.54. The van der Waals surface area contributed by atoms with Crippen molar-refractivity contribution in [3.05, 3.63) is 93.4 Å². The van der Waals surface area contributed by atoms with Crippen molar-refractivity contribution in [2.24, 2.45) is 0 Å². The standard InChI is InChI=1S/C20H17ClN2O4S/c1-28(26,27)17-7-4-6-16(11-17)22-20(25)15-9-10-19(24)23(13-15)12-14-5-2-3-8-18(14)21/h2-11,13H,12H2,1H3,(H,22,25). The van der Waals surface area contributed by atoms with Crippen LogP contribution in [-0.2, 0) is 16.4 Å². The molecule has 3 aromatic rings. The fourth-order valence-electron chi connectivity index (χ4n) is 2.61. The number of aromatic nitrogens is 1. The highest BCUT2D eigenvalue weighted by Gasteiger charge is 2.12. The van der Waals surface area contributed by atoms with Gasteiger partial charge in [0.2, 0.25) is 0 Å². The Morgan fingerprint density at radius 3 is 2.54 bits per heavy atom. The molecule has 0 saturated heterocycles. The van der Waals surface area contributed by atoms with Gasteiger partial charge in [0.1, 0.15) is 0 Å². The zero-order valence-electron chi connectivity index (χ0n) is 14.9. The first kappa shape index (κ1) is 19.9. The van der Waals surface area contributed by atoms with E-state index in [1.54, 1.807) is 30.3 Å². The van der Waals surface area contributed by atoms with Gasteiger partial charge in [-0.2, -0.15) is 0 Å². The average molecular weight is 417 g/mol. The number of hydrogen-bond acceptors (Lipinski definition) is 4. The van der Waals surface area contributed by atoms with Gasteiger partial charge in [0.25, 0.3) is 11.5 Å². The van der Waals surface area contributed by atoms with Crippen LogP contribution in [0.1, 0.15) is 15.9 Å². The molecule has 6 nitrogen and oxygen atoms in total. The summed E-state index contributed by atoms with van der Waals surface area (Å²) >= 11 is 6.14. The van der Waals surface area contributed by atoms with Crippen LogP contribution in [0.15, 0.2) is 76.6 Å². The summed E-state index contributed by atoms with van der Waals surface area (Å²) in [4.78, 5) is 24.8. The van der Waals surface area contributed by atoms with Crippen LogP contribution >= 0.6 is 11.6 Å². The third-order valence-electron chi connectivity index (χ3n) is 4.06. The molecular weight excluding hydrogens is 400 g/mol. The molecule has 0 aliphatic carbocycles. The first-order valence-corrected chi connectivity index (χ1v) is 10.6. The molecule has 0 aliphatic heterocycles. The van der Waals surface area contributed by atoms with E-state index in [9.17, 15) is 18.0 Å². The summed E-state index contributed by atoms with van der Waals surface area (Å²) in [5, 5.41) is 3.18. The van der Waals surface area contributed by atoms with Gasteiger partial charge in [0.15, 0.2) is 9.84 Å². The molecule has 3 rings (SSSR count). The Morgan fingerprint density at radius 2 is 1.82 bits per heavy atom. The summed E-state index contributed by atoms with van der Waals surface area (Å²) in [6, 6.07) is 15.8. The number of sulfone groups is 1. The smallest absolute Gasteiger partial charge is 0.257 e. The molecule has 0 spiro atoms. The van der Waals surface area contributed by atoms with Gasteiger partial charge in [0.05, 0.1) is 17.0 Å². The maximum atomic E-state index is 12.6. The minimum atomic E-state index is -3.39. The van der Waals surface area contributed by atoms with Crippen molar-refractivity contribution >= 4 is 33.0 Å². The normalized spacial score (nSPS) is 11.2. The van der Waals surface area contributed by atoms with Crippen molar-refractivity contribution in [2.45, 2.75) is 11.4 Å². The Morgan fingerprint density at radius 1 is 1.07 bits per heavy atom. The number of carbonyl (C=O) groups excluding carboxylic acids is 1. The van der Waals surface area contributed by atoms with E-state index in [1.165, 1.54) is 35.0 Å². The third-order valence-corrected chi connectivity index (χ3v) is 5.54. The molecular formula is C20H17ClN2O4S. The molecule has 8 heteroatoms. The Labute approximate surface area is 167 Å². The second-order valence-corrected chi connectivity index (χ2v) is 8.65. The van der Waals surface area contributed by atoms with E-state index in [1.807, 2.05) is 6.07 Å². The lowest BCUT2D eigenvalue weighted by atomic mass is 10.2. The van der Waals surface area contributed by atoms with Gasteiger partial charge in [-0.3, -0.25) is 9.59 Å². The molecule has 144 valence electrons. The molecule has 1 N–H and O–H groups in total. The van der Waals surface area contributed by atoms with Gasteiger partial charge >= 0.3 is 0 Å². The molecule has 0 radical (unpaired) electrons. The number of pyridine rings is 1. The summed E-state index contributed by atoms with van der Waals surface area (Å²) in [7, 11) is -3.39. The maximum Gasteiger partial charge on any atom is 0.257 e. The van der Waals surface area contributed by atoms with Gasteiger partial charge in [-0.05, 0) is 35.9 Å². The minimum absolute atomic E-state index is 0.106. The van der Waals surface area contributed by atoms with Gasteiger partial charge in [-0.1, -0.05) is 35.9 Å². The Bertz CT molecular complexity index is 1200. The lowest BCUT2D eigenvalue weighted by Crippen LogP contribution is -2.22. The lowest BCUT2D eigenvalue weighted by molar-refractivity contribution is 0.102. The quantitative estimate of drug-likeness (QED) is 0.692. The van der Waals surface area contributed by atoms with Crippen LogP contribution in [0.5, 0.6) is 0 Å². The van der Waals surface area contributed by atoms with Crippen molar-refractivity contribution in [1.29, 1.82) is 0 Å². The first-order chi connectivity index (χ1) is 13.2. The number of amides is 1. The molecule has 0 atom stereocenters. The van der Waals surface area contributed by atoms with E-state index in [2.05, 4.69) is 5.32 Å². The van der Waals surface area contributed by atoms with Crippen LogP contribution in [0.3, 0.4) is 0 Å². The second kappa shape index (κ2) is 8.00. The van der Waals surface area contributed by atoms with Crippen LogP contribution in [-0.4, -0.2) is 25.1 Å². The molecule has 0 unspecified atom stereocenters.